The van der Waals surface area contributed by atoms with Crippen molar-refractivity contribution in [3.05, 3.63) is 49.6 Å². The Labute approximate surface area is 221 Å². The van der Waals surface area contributed by atoms with Crippen LogP contribution in [-0.2, 0) is 23.9 Å². The molecule has 15 heteroatoms. The second-order valence-corrected chi connectivity index (χ2v) is 6.10. The van der Waals surface area contributed by atoms with Crippen molar-refractivity contribution in [2.45, 2.75) is 13.8 Å². The SMILES string of the molecule is C=CC(=O)O.C=CC(=O)O.C=CC(=O)O.CC=C(C)C(=O)O.OCC(CO)(CO)CO.OCCOCCO. The van der Waals surface area contributed by atoms with Gasteiger partial charge in [0.2, 0.25) is 0 Å². The molecule has 0 bridgehead atoms. The molecule has 38 heavy (non-hydrogen) atoms. The van der Waals surface area contributed by atoms with Crippen LogP contribution in [0.4, 0.5) is 0 Å². The molecule has 0 saturated heterocycles. The molecule has 0 fully saturated rings. The molecule has 0 aromatic carbocycles. The molecule has 0 aliphatic carbocycles. The van der Waals surface area contributed by atoms with E-state index in [9.17, 15) is 19.2 Å². The van der Waals surface area contributed by atoms with Gasteiger partial charge in [0.1, 0.15) is 0 Å². The van der Waals surface area contributed by atoms with Crippen LogP contribution < -0.4 is 0 Å². The molecule has 0 rings (SSSR count). The number of aliphatic carboxylic acids is 4. The summed E-state index contributed by atoms with van der Waals surface area (Å²) >= 11 is 0. The second kappa shape index (κ2) is 38.1. The first-order valence-corrected chi connectivity index (χ1v) is 10.3. The summed E-state index contributed by atoms with van der Waals surface area (Å²) in [6, 6.07) is 0. The first kappa shape index (κ1) is 47.7. The van der Waals surface area contributed by atoms with Gasteiger partial charge in [-0.05, 0) is 13.8 Å². The summed E-state index contributed by atoms with van der Waals surface area (Å²) in [7, 11) is 0. The van der Waals surface area contributed by atoms with Crippen LogP contribution >= 0.6 is 0 Å². The fourth-order valence-electron chi connectivity index (χ4n) is 0.655. The predicted molar refractivity (Wildman–Crippen MR) is 136 cm³/mol. The highest BCUT2D eigenvalue weighted by Crippen LogP contribution is 2.11. The standard InChI is InChI=1S/C5H12O4.C5H8O2.C4H10O3.3C3H4O2/c6-1-5(2-7,3-8)4-9;1-3-4(2)5(6)7;5-1-3-7-4-2-6;3*1-2-3(4)5/h6-9H,1-4H2;3H,1-2H3,(H,6,7);5-6H,1-4H2;3*2H,1H2,(H,4,5). The first-order chi connectivity index (χ1) is 17.6. The number of rotatable bonds is 12. The molecule has 0 aliphatic heterocycles. The maximum atomic E-state index is 9.86. The minimum absolute atomic E-state index is 0.0278. The number of aliphatic hydroxyl groups is 6. The lowest BCUT2D eigenvalue weighted by molar-refractivity contribution is -0.133. The van der Waals surface area contributed by atoms with Crippen molar-refractivity contribution in [3.63, 3.8) is 0 Å². The lowest BCUT2D eigenvalue weighted by Gasteiger charge is -2.23. The van der Waals surface area contributed by atoms with Crippen LogP contribution in [0.1, 0.15) is 13.8 Å². The highest BCUT2D eigenvalue weighted by atomic mass is 16.5. The fourth-order valence-corrected chi connectivity index (χ4v) is 0.655. The Kier molecular flexibility index (Phi) is 47.8. The van der Waals surface area contributed by atoms with Crippen molar-refractivity contribution in [1.82, 2.24) is 0 Å². The van der Waals surface area contributed by atoms with E-state index in [0.29, 0.717) is 18.8 Å². The van der Waals surface area contributed by atoms with Gasteiger partial charge in [-0.1, -0.05) is 25.8 Å². The highest BCUT2D eigenvalue weighted by molar-refractivity contribution is 5.85. The molecule has 0 aliphatic rings. The average molecular weight is 559 g/mol. The molecule has 0 saturated carbocycles. The number of hydrogen-bond acceptors (Lipinski definition) is 11. The molecular formula is C23H42O15. The summed E-state index contributed by atoms with van der Waals surface area (Å²) in [5.41, 5.74) is -0.722. The molecule has 0 spiro atoms. The van der Waals surface area contributed by atoms with Crippen LogP contribution in [0.15, 0.2) is 49.6 Å². The zero-order valence-electron chi connectivity index (χ0n) is 21.6. The summed E-state index contributed by atoms with van der Waals surface area (Å²) in [5, 5.41) is 81.1. The van der Waals surface area contributed by atoms with Crippen molar-refractivity contribution in [2.75, 3.05) is 52.9 Å². The van der Waals surface area contributed by atoms with Gasteiger partial charge in [-0.3, -0.25) is 0 Å². The van der Waals surface area contributed by atoms with Gasteiger partial charge < -0.3 is 55.8 Å². The van der Waals surface area contributed by atoms with E-state index in [0.717, 1.165) is 18.2 Å². The maximum Gasteiger partial charge on any atom is 0.330 e. The van der Waals surface area contributed by atoms with Gasteiger partial charge in [0.15, 0.2) is 0 Å². The number of ether oxygens (including phenoxy) is 1. The normalized spacial score (nSPS) is 9.21. The molecular weight excluding hydrogens is 516 g/mol. The average Bonchev–Trinajstić information content (AvgIpc) is 2.91. The smallest absolute Gasteiger partial charge is 0.330 e. The second-order valence-electron chi connectivity index (χ2n) is 6.10. The van der Waals surface area contributed by atoms with E-state index in [1.165, 1.54) is 0 Å². The summed E-state index contributed by atoms with van der Waals surface area (Å²) in [4.78, 5) is 37.6. The fraction of sp³-hybridized carbons (Fsp3) is 0.478. The molecule has 0 atom stereocenters. The molecule has 0 aromatic rings. The molecule has 0 aromatic heterocycles. The van der Waals surface area contributed by atoms with E-state index in [4.69, 9.17) is 51.1 Å². The maximum absolute atomic E-state index is 9.86. The minimum Gasteiger partial charge on any atom is -0.478 e. The summed E-state index contributed by atoms with van der Waals surface area (Å²) < 4.78 is 4.63. The predicted octanol–water partition coefficient (Wildman–Crippen LogP) is -1.26. The number of carboxylic acids is 4. The Morgan fingerprint density at radius 2 is 0.895 bits per heavy atom. The number of carbonyl (C=O) groups is 4. The molecule has 0 amide bonds. The summed E-state index contributed by atoms with van der Waals surface area (Å²) in [6.45, 7) is 11.2. The van der Waals surface area contributed by atoms with Crippen molar-refractivity contribution >= 4 is 23.9 Å². The van der Waals surface area contributed by atoms with Crippen LogP contribution in [0.5, 0.6) is 0 Å². The summed E-state index contributed by atoms with van der Waals surface area (Å²) in [6.07, 6.45) is 4.06. The third-order valence-electron chi connectivity index (χ3n) is 3.11. The largest absolute Gasteiger partial charge is 0.478 e. The van der Waals surface area contributed by atoms with E-state index < -0.39 is 55.7 Å². The molecule has 0 radical (unpaired) electrons. The zero-order chi connectivity index (χ0) is 31.6. The van der Waals surface area contributed by atoms with Crippen LogP contribution in [0, 0.1) is 5.41 Å². The van der Waals surface area contributed by atoms with E-state index >= 15 is 0 Å². The van der Waals surface area contributed by atoms with Gasteiger partial charge >= 0.3 is 23.9 Å². The molecule has 15 nitrogen and oxygen atoms in total. The Bertz CT molecular complexity index is 589. The van der Waals surface area contributed by atoms with Crippen LogP contribution in [0.3, 0.4) is 0 Å². The molecule has 224 valence electrons. The zero-order valence-corrected chi connectivity index (χ0v) is 21.6. The third kappa shape index (κ3) is 53.8. The number of allylic oxidation sites excluding steroid dienone is 1. The van der Waals surface area contributed by atoms with Gasteiger partial charge in [-0.25, -0.2) is 19.2 Å². The monoisotopic (exact) mass is 558 g/mol. The van der Waals surface area contributed by atoms with E-state index in [1.54, 1.807) is 19.9 Å². The van der Waals surface area contributed by atoms with E-state index in [2.05, 4.69) is 24.5 Å². The van der Waals surface area contributed by atoms with Crippen molar-refractivity contribution in [1.29, 1.82) is 0 Å². The number of aliphatic hydroxyl groups excluding tert-OH is 6. The van der Waals surface area contributed by atoms with E-state index in [-0.39, 0.29) is 13.2 Å². The topological polar surface area (TPSA) is 280 Å². The van der Waals surface area contributed by atoms with Gasteiger partial charge in [0.25, 0.3) is 0 Å². The Hall–Kier alpha value is -3.44. The molecule has 10 N–H and O–H groups in total. The Morgan fingerprint density at radius 1 is 0.658 bits per heavy atom. The van der Waals surface area contributed by atoms with Gasteiger partial charge in [-0.2, -0.15) is 0 Å². The third-order valence-corrected chi connectivity index (χ3v) is 3.11. The number of carboxylic acid groups (broad SMARTS) is 4. The summed E-state index contributed by atoms with van der Waals surface area (Å²) in [5.74, 6) is -3.79. The van der Waals surface area contributed by atoms with Gasteiger partial charge in [0, 0.05) is 23.8 Å². The van der Waals surface area contributed by atoms with Crippen molar-refractivity contribution < 1.29 is 75.0 Å². The van der Waals surface area contributed by atoms with Crippen LogP contribution in [-0.4, -0.2) is 128 Å². The first-order valence-electron chi connectivity index (χ1n) is 10.3. The number of hydrogen-bond donors (Lipinski definition) is 10. The Balaban J connectivity index is -0.0000000821. The highest BCUT2D eigenvalue weighted by Gasteiger charge is 2.26. The molecule has 0 heterocycles. The lowest BCUT2D eigenvalue weighted by Crippen LogP contribution is -2.37. The van der Waals surface area contributed by atoms with Crippen molar-refractivity contribution in [3.8, 4) is 0 Å². The minimum atomic E-state index is -1.11. The quantitative estimate of drug-likeness (QED) is 0.0987. The van der Waals surface area contributed by atoms with Crippen LogP contribution in [0.25, 0.3) is 0 Å². The van der Waals surface area contributed by atoms with Gasteiger partial charge in [-0.15, -0.1) is 0 Å². The van der Waals surface area contributed by atoms with Crippen LogP contribution in [0.2, 0.25) is 0 Å². The van der Waals surface area contributed by atoms with Crippen molar-refractivity contribution in [2.24, 2.45) is 5.41 Å². The van der Waals surface area contributed by atoms with E-state index in [1.807, 2.05) is 0 Å². The Morgan fingerprint density at radius 3 is 0.947 bits per heavy atom. The van der Waals surface area contributed by atoms with Gasteiger partial charge in [0.05, 0.1) is 58.3 Å². The lowest BCUT2D eigenvalue weighted by atomic mass is 9.93. The molecule has 0 unspecified atom stereocenters.